The van der Waals surface area contributed by atoms with Gasteiger partial charge in [-0.25, -0.2) is 13.2 Å². The van der Waals surface area contributed by atoms with Gasteiger partial charge in [-0.3, -0.25) is 9.59 Å². The summed E-state index contributed by atoms with van der Waals surface area (Å²) in [5.74, 6) is -2.95. The molecule has 0 amide bonds. The molecule has 2 nitrogen and oxygen atoms in total. The monoisotopic (exact) mass is 266 g/mol. The minimum absolute atomic E-state index is 0.0635. The number of carbonyl (C=O) groups excluding carboxylic acids is 2. The van der Waals surface area contributed by atoms with Gasteiger partial charge in [0.25, 0.3) is 6.43 Å². The van der Waals surface area contributed by atoms with Crippen molar-refractivity contribution < 1.29 is 22.8 Å². The molecule has 2 aromatic carbocycles. The molecule has 0 heterocycles. The predicted octanol–water partition coefficient (Wildman–Crippen LogP) is 3.19. The van der Waals surface area contributed by atoms with Crippen molar-refractivity contribution in [3.63, 3.8) is 0 Å². The van der Waals surface area contributed by atoms with E-state index in [4.69, 9.17) is 0 Å². The standard InChI is InChI=1S/C14H9F3O2/c15-11(14(16)17)13(19)12(18)10-7-3-5-8-4-1-2-6-9(8)10/h1-7,11,14H. The lowest BCUT2D eigenvalue weighted by Gasteiger charge is -2.07. The van der Waals surface area contributed by atoms with Gasteiger partial charge in [-0.1, -0.05) is 42.5 Å². The number of Topliss-reactive ketones (excluding diaryl/α,β-unsaturated/α-hetero) is 2. The molecule has 0 saturated carbocycles. The van der Waals surface area contributed by atoms with Gasteiger partial charge in [-0.15, -0.1) is 0 Å². The van der Waals surface area contributed by atoms with Crippen molar-refractivity contribution in [1.29, 1.82) is 0 Å². The van der Waals surface area contributed by atoms with Crippen LogP contribution in [0.25, 0.3) is 10.8 Å². The summed E-state index contributed by atoms with van der Waals surface area (Å²) >= 11 is 0. The Hall–Kier alpha value is -2.17. The summed E-state index contributed by atoms with van der Waals surface area (Å²) in [6.45, 7) is 0. The maximum absolute atomic E-state index is 12.9. The smallest absolute Gasteiger partial charge is 0.276 e. The molecule has 0 spiro atoms. The molecule has 19 heavy (non-hydrogen) atoms. The fraction of sp³-hybridized carbons (Fsp3) is 0.143. The average Bonchev–Trinajstić information content (AvgIpc) is 2.44. The van der Waals surface area contributed by atoms with Gasteiger partial charge in [0, 0.05) is 5.56 Å². The summed E-state index contributed by atoms with van der Waals surface area (Å²) in [7, 11) is 0. The number of fused-ring (bicyclic) bond motifs is 1. The van der Waals surface area contributed by atoms with E-state index in [2.05, 4.69) is 0 Å². The van der Waals surface area contributed by atoms with Gasteiger partial charge < -0.3 is 0 Å². The Morgan fingerprint density at radius 2 is 1.53 bits per heavy atom. The lowest BCUT2D eigenvalue weighted by molar-refractivity contribution is -0.124. The van der Waals surface area contributed by atoms with Crippen molar-refractivity contribution in [2.75, 3.05) is 0 Å². The van der Waals surface area contributed by atoms with E-state index >= 15 is 0 Å². The number of hydrogen-bond acceptors (Lipinski definition) is 2. The second kappa shape index (κ2) is 5.22. The molecule has 5 heteroatoms. The molecule has 0 aliphatic heterocycles. The summed E-state index contributed by atoms with van der Waals surface area (Å²) in [6, 6.07) is 11.2. The molecular weight excluding hydrogens is 257 g/mol. The zero-order valence-electron chi connectivity index (χ0n) is 9.65. The molecular formula is C14H9F3O2. The Kier molecular flexibility index (Phi) is 3.64. The first-order valence-electron chi connectivity index (χ1n) is 5.51. The second-order valence-electron chi connectivity index (χ2n) is 3.96. The number of halogens is 3. The Balaban J connectivity index is 2.45. The van der Waals surface area contributed by atoms with Crippen LogP contribution in [0, 0.1) is 0 Å². The van der Waals surface area contributed by atoms with Gasteiger partial charge in [0.15, 0.2) is 0 Å². The number of rotatable bonds is 4. The third-order valence-electron chi connectivity index (χ3n) is 2.73. The highest BCUT2D eigenvalue weighted by molar-refractivity contribution is 6.47. The van der Waals surface area contributed by atoms with Crippen LogP contribution in [-0.2, 0) is 4.79 Å². The molecule has 0 bridgehead atoms. The Bertz CT molecular complexity index is 632. The van der Waals surface area contributed by atoms with E-state index in [1.807, 2.05) is 0 Å². The van der Waals surface area contributed by atoms with Crippen molar-refractivity contribution in [3.05, 3.63) is 48.0 Å². The summed E-state index contributed by atoms with van der Waals surface area (Å²) < 4.78 is 37.2. The molecule has 2 rings (SSSR count). The molecule has 0 fully saturated rings. The minimum Gasteiger partial charge on any atom is -0.287 e. The van der Waals surface area contributed by atoms with E-state index in [-0.39, 0.29) is 5.56 Å². The minimum atomic E-state index is -3.49. The zero-order chi connectivity index (χ0) is 14.0. The molecule has 0 aromatic heterocycles. The van der Waals surface area contributed by atoms with Crippen LogP contribution in [0.3, 0.4) is 0 Å². The van der Waals surface area contributed by atoms with E-state index < -0.39 is 24.2 Å². The van der Waals surface area contributed by atoms with Crippen LogP contribution in [0.1, 0.15) is 10.4 Å². The van der Waals surface area contributed by atoms with Crippen molar-refractivity contribution in [2.45, 2.75) is 12.6 Å². The number of carbonyl (C=O) groups is 2. The molecule has 1 unspecified atom stereocenters. The number of hydrogen-bond donors (Lipinski definition) is 0. The molecule has 0 aliphatic carbocycles. The van der Waals surface area contributed by atoms with Crippen LogP contribution < -0.4 is 0 Å². The third kappa shape index (κ3) is 2.50. The molecule has 0 radical (unpaired) electrons. The van der Waals surface area contributed by atoms with Crippen LogP contribution >= 0.6 is 0 Å². The molecule has 98 valence electrons. The zero-order valence-corrected chi connectivity index (χ0v) is 9.65. The Morgan fingerprint density at radius 3 is 2.21 bits per heavy atom. The topological polar surface area (TPSA) is 34.1 Å². The van der Waals surface area contributed by atoms with Gasteiger partial charge in [0.1, 0.15) is 0 Å². The van der Waals surface area contributed by atoms with E-state index in [9.17, 15) is 22.8 Å². The van der Waals surface area contributed by atoms with E-state index in [0.717, 1.165) is 0 Å². The number of alkyl halides is 3. The fourth-order valence-electron chi connectivity index (χ4n) is 1.80. The van der Waals surface area contributed by atoms with Crippen molar-refractivity contribution in [3.8, 4) is 0 Å². The van der Waals surface area contributed by atoms with E-state index in [1.165, 1.54) is 12.1 Å². The summed E-state index contributed by atoms with van der Waals surface area (Å²) in [5, 5.41) is 1.11. The average molecular weight is 266 g/mol. The third-order valence-corrected chi connectivity index (χ3v) is 2.73. The molecule has 0 aliphatic rings. The first-order chi connectivity index (χ1) is 9.02. The molecule has 0 N–H and O–H groups in total. The maximum atomic E-state index is 12.9. The Labute approximate surface area is 106 Å². The highest BCUT2D eigenvalue weighted by Gasteiger charge is 2.33. The molecule has 1 atom stereocenters. The van der Waals surface area contributed by atoms with Crippen molar-refractivity contribution in [2.24, 2.45) is 0 Å². The fourth-order valence-corrected chi connectivity index (χ4v) is 1.80. The number of ketones is 2. The lowest BCUT2D eigenvalue weighted by atomic mass is 9.98. The first kappa shape index (κ1) is 13.3. The van der Waals surface area contributed by atoms with Gasteiger partial charge >= 0.3 is 0 Å². The Morgan fingerprint density at radius 1 is 0.895 bits per heavy atom. The summed E-state index contributed by atoms with van der Waals surface area (Å²) in [4.78, 5) is 23.1. The maximum Gasteiger partial charge on any atom is 0.276 e. The number of benzene rings is 2. The van der Waals surface area contributed by atoms with Crippen LogP contribution in [0.15, 0.2) is 42.5 Å². The highest BCUT2D eigenvalue weighted by atomic mass is 19.3. The second-order valence-corrected chi connectivity index (χ2v) is 3.96. The normalized spacial score (nSPS) is 12.6. The van der Waals surface area contributed by atoms with Crippen LogP contribution in [-0.4, -0.2) is 24.2 Å². The van der Waals surface area contributed by atoms with Gasteiger partial charge in [0.05, 0.1) is 0 Å². The SMILES string of the molecule is O=C(C(=O)C(F)C(F)F)c1cccc2ccccc12. The summed E-state index contributed by atoms with van der Waals surface area (Å²) in [5.41, 5.74) is -0.0635. The quantitative estimate of drug-likeness (QED) is 0.629. The lowest BCUT2D eigenvalue weighted by Crippen LogP contribution is -2.30. The van der Waals surface area contributed by atoms with Crippen LogP contribution in [0.5, 0.6) is 0 Å². The predicted molar refractivity (Wildman–Crippen MR) is 64.2 cm³/mol. The highest BCUT2D eigenvalue weighted by Crippen LogP contribution is 2.20. The van der Waals surface area contributed by atoms with Crippen LogP contribution in [0.2, 0.25) is 0 Å². The van der Waals surface area contributed by atoms with E-state index in [0.29, 0.717) is 10.8 Å². The van der Waals surface area contributed by atoms with Gasteiger partial charge in [-0.2, -0.15) is 0 Å². The first-order valence-corrected chi connectivity index (χ1v) is 5.51. The van der Waals surface area contributed by atoms with Gasteiger partial charge in [0.2, 0.25) is 17.7 Å². The van der Waals surface area contributed by atoms with Crippen LogP contribution in [0.4, 0.5) is 13.2 Å². The molecule has 2 aromatic rings. The summed E-state index contributed by atoms with van der Waals surface area (Å²) in [6.07, 6.45) is -6.57. The van der Waals surface area contributed by atoms with Crippen molar-refractivity contribution in [1.82, 2.24) is 0 Å². The van der Waals surface area contributed by atoms with Gasteiger partial charge in [-0.05, 0) is 10.8 Å². The largest absolute Gasteiger partial charge is 0.287 e. The van der Waals surface area contributed by atoms with Crippen molar-refractivity contribution >= 4 is 22.3 Å². The van der Waals surface area contributed by atoms with E-state index in [1.54, 1.807) is 30.3 Å². The molecule has 0 saturated heterocycles.